The second-order valence-electron chi connectivity index (χ2n) is 3.30. The topological polar surface area (TPSA) is 141 Å². The van der Waals surface area contributed by atoms with Gasteiger partial charge in [-0.15, -0.1) is 0 Å². The minimum absolute atomic E-state index is 0.835. The van der Waals surface area contributed by atoms with Crippen molar-refractivity contribution in [2.75, 3.05) is 0 Å². The van der Waals surface area contributed by atoms with Crippen molar-refractivity contribution in [1.29, 1.82) is 0 Å². The molecular formula is C10H10O9. The Hall–Kier alpha value is -2.42. The minimum atomic E-state index is -2.10. The average Bonchev–Trinajstić information content (AvgIpc) is 2.27. The highest BCUT2D eigenvalue weighted by molar-refractivity contribution is 6.34. The van der Waals surface area contributed by atoms with Gasteiger partial charge in [0.15, 0.2) is 6.10 Å². The lowest BCUT2D eigenvalue weighted by atomic mass is 10.2. The van der Waals surface area contributed by atoms with Gasteiger partial charge in [-0.2, -0.15) is 0 Å². The van der Waals surface area contributed by atoms with Crippen LogP contribution in [-0.4, -0.2) is 46.7 Å². The number of esters is 4. The van der Waals surface area contributed by atoms with Crippen LogP contribution in [-0.2, 0) is 38.2 Å². The zero-order valence-corrected chi connectivity index (χ0v) is 10.00. The standard InChI is InChI=1S/C10H10O9/c1-4(11)8(15)18-7(14)3-6(13)10(17)19-9(16)5(2)12/h6,13H,3H2,1-2H3. The molecule has 0 fully saturated rings. The number of hydrogen-bond acceptors (Lipinski definition) is 9. The number of aliphatic hydroxyl groups is 1. The van der Waals surface area contributed by atoms with E-state index in [1.807, 2.05) is 0 Å². The smallest absolute Gasteiger partial charge is 0.381 e. The monoisotopic (exact) mass is 274 g/mol. The summed E-state index contributed by atoms with van der Waals surface area (Å²) in [4.78, 5) is 64.3. The molecule has 0 amide bonds. The van der Waals surface area contributed by atoms with Gasteiger partial charge in [0.2, 0.25) is 11.6 Å². The number of Topliss-reactive ketones (excluding diaryl/α,β-unsaturated/α-hetero) is 2. The fourth-order valence-electron chi connectivity index (χ4n) is 0.689. The number of rotatable bonds is 5. The number of carbonyl (C=O) groups excluding carboxylic acids is 6. The molecule has 9 heteroatoms. The van der Waals surface area contributed by atoms with E-state index in [0.29, 0.717) is 0 Å². The summed E-state index contributed by atoms with van der Waals surface area (Å²) < 4.78 is 7.83. The third-order valence-corrected chi connectivity index (χ3v) is 1.61. The van der Waals surface area contributed by atoms with E-state index in [1.54, 1.807) is 0 Å². The number of ketones is 2. The summed E-state index contributed by atoms with van der Waals surface area (Å²) >= 11 is 0. The molecule has 0 bridgehead atoms. The van der Waals surface area contributed by atoms with Crippen LogP contribution >= 0.6 is 0 Å². The van der Waals surface area contributed by atoms with Gasteiger partial charge in [-0.1, -0.05) is 0 Å². The van der Waals surface area contributed by atoms with Gasteiger partial charge in [0.1, 0.15) is 0 Å². The van der Waals surface area contributed by atoms with E-state index in [-0.39, 0.29) is 0 Å². The summed E-state index contributed by atoms with van der Waals surface area (Å²) in [5, 5.41) is 9.14. The summed E-state index contributed by atoms with van der Waals surface area (Å²) in [7, 11) is 0. The Kier molecular flexibility index (Phi) is 6.21. The Morgan fingerprint density at radius 1 is 0.895 bits per heavy atom. The van der Waals surface area contributed by atoms with Crippen molar-refractivity contribution in [1.82, 2.24) is 0 Å². The zero-order chi connectivity index (χ0) is 15.2. The van der Waals surface area contributed by atoms with E-state index in [4.69, 9.17) is 5.11 Å². The number of ether oxygens (including phenoxy) is 2. The number of aliphatic hydroxyl groups excluding tert-OH is 1. The van der Waals surface area contributed by atoms with Crippen LogP contribution in [0.4, 0.5) is 0 Å². The van der Waals surface area contributed by atoms with Crippen LogP contribution in [0.15, 0.2) is 0 Å². The first-order valence-corrected chi connectivity index (χ1v) is 4.85. The summed E-state index contributed by atoms with van der Waals surface area (Å²) in [6.07, 6.45) is -3.11. The molecular weight excluding hydrogens is 264 g/mol. The van der Waals surface area contributed by atoms with Crippen LogP contribution in [0, 0.1) is 0 Å². The molecule has 0 rings (SSSR count). The van der Waals surface area contributed by atoms with Gasteiger partial charge in [0, 0.05) is 13.8 Å². The Labute approximate surface area is 106 Å². The highest BCUT2D eigenvalue weighted by atomic mass is 16.6. The molecule has 0 heterocycles. The molecule has 0 aromatic rings. The van der Waals surface area contributed by atoms with Crippen molar-refractivity contribution < 1.29 is 43.3 Å². The summed E-state index contributed by atoms with van der Waals surface area (Å²) in [5.74, 6) is -7.98. The van der Waals surface area contributed by atoms with E-state index < -0.39 is 48.0 Å². The fourth-order valence-corrected chi connectivity index (χ4v) is 0.689. The third kappa shape index (κ3) is 6.17. The van der Waals surface area contributed by atoms with Crippen molar-refractivity contribution in [3.63, 3.8) is 0 Å². The molecule has 104 valence electrons. The van der Waals surface area contributed by atoms with Gasteiger partial charge in [-0.05, 0) is 0 Å². The van der Waals surface area contributed by atoms with Crippen molar-refractivity contribution in [3.8, 4) is 0 Å². The van der Waals surface area contributed by atoms with Crippen molar-refractivity contribution in [3.05, 3.63) is 0 Å². The molecule has 1 unspecified atom stereocenters. The van der Waals surface area contributed by atoms with E-state index >= 15 is 0 Å². The van der Waals surface area contributed by atoms with Crippen molar-refractivity contribution in [2.45, 2.75) is 26.4 Å². The quantitative estimate of drug-likeness (QED) is 0.344. The first-order chi connectivity index (χ1) is 8.65. The molecule has 0 aliphatic rings. The number of hydrogen-bond donors (Lipinski definition) is 1. The summed E-state index contributed by atoms with van der Waals surface area (Å²) in [5.41, 5.74) is 0. The van der Waals surface area contributed by atoms with Gasteiger partial charge in [-0.3, -0.25) is 14.4 Å². The average molecular weight is 274 g/mol. The second-order valence-corrected chi connectivity index (χ2v) is 3.30. The maximum Gasteiger partial charge on any atom is 0.381 e. The zero-order valence-electron chi connectivity index (χ0n) is 10.00. The Morgan fingerprint density at radius 2 is 1.32 bits per heavy atom. The maximum absolute atomic E-state index is 11.0. The molecule has 0 aliphatic carbocycles. The van der Waals surface area contributed by atoms with Crippen LogP contribution in [0.1, 0.15) is 20.3 Å². The Balaban J connectivity index is 4.33. The highest BCUT2D eigenvalue weighted by Gasteiger charge is 2.27. The minimum Gasteiger partial charge on any atom is -0.387 e. The van der Waals surface area contributed by atoms with Gasteiger partial charge >= 0.3 is 23.9 Å². The molecule has 1 atom stereocenters. The van der Waals surface area contributed by atoms with Gasteiger partial charge in [0.05, 0.1) is 6.42 Å². The lowest BCUT2D eigenvalue weighted by molar-refractivity contribution is -0.173. The Bertz CT molecular complexity index is 448. The fraction of sp³-hybridized carbons (Fsp3) is 0.400. The van der Waals surface area contributed by atoms with E-state index in [0.717, 1.165) is 13.8 Å². The van der Waals surface area contributed by atoms with Gasteiger partial charge < -0.3 is 14.6 Å². The Morgan fingerprint density at radius 3 is 1.74 bits per heavy atom. The highest BCUT2D eigenvalue weighted by Crippen LogP contribution is 1.99. The predicted octanol–water partition coefficient (Wildman–Crippen LogP) is -1.94. The molecule has 0 spiro atoms. The molecule has 0 radical (unpaired) electrons. The summed E-state index contributed by atoms with van der Waals surface area (Å²) in [6.45, 7) is 1.69. The van der Waals surface area contributed by atoms with E-state index in [1.165, 1.54) is 0 Å². The molecule has 0 saturated heterocycles. The lowest BCUT2D eigenvalue weighted by Crippen LogP contribution is -2.31. The van der Waals surface area contributed by atoms with E-state index in [2.05, 4.69) is 9.47 Å². The molecule has 9 nitrogen and oxygen atoms in total. The van der Waals surface area contributed by atoms with Crippen LogP contribution in [0.2, 0.25) is 0 Å². The first-order valence-electron chi connectivity index (χ1n) is 4.85. The third-order valence-electron chi connectivity index (χ3n) is 1.61. The van der Waals surface area contributed by atoms with Crippen LogP contribution < -0.4 is 0 Å². The van der Waals surface area contributed by atoms with Gasteiger partial charge in [0.25, 0.3) is 0 Å². The van der Waals surface area contributed by atoms with E-state index in [9.17, 15) is 28.8 Å². The SMILES string of the molecule is CC(=O)C(=O)OC(=O)CC(O)C(=O)OC(=O)C(C)=O. The lowest BCUT2D eigenvalue weighted by Gasteiger charge is -2.07. The molecule has 0 saturated carbocycles. The number of carbonyl (C=O) groups is 6. The van der Waals surface area contributed by atoms with Crippen LogP contribution in [0.5, 0.6) is 0 Å². The van der Waals surface area contributed by atoms with Crippen LogP contribution in [0.25, 0.3) is 0 Å². The molecule has 0 aliphatic heterocycles. The maximum atomic E-state index is 11.0. The molecule has 0 aromatic heterocycles. The molecule has 1 N–H and O–H groups in total. The van der Waals surface area contributed by atoms with Crippen molar-refractivity contribution in [2.24, 2.45) is 0 Å². The molecule has 0 aromatic carbocycles. The summed E-state index contributed by atoms with van der Waals surface area (Å²) in [6, 6.07) is 0. The molecule has 19 heavy (non-hydrogen) atoms. The van der Waals surface area contributed by atoms with Gasteiger partial charge in [-0.25, -0.2) is 14.4 Å². The van der Waals surface area contributed by atoms with Crippen molar-refractivity contribution >= 4 is 35.4 Å². The normalized spacial score (nSPS) is 11.1. The van der Waals surface area contributed by atoms with Crippen LogP contribution in [0.3, 0.4) is 0 Å². The first kappa shape index (κ1) is 16.6. The largest absolute Gasteiger partial charge is 0.387 e. The predicted molar refractivity (Wildman–Crippen MR) is 54.2 cm³/mol. The second kappa shape index (κ2) is 7.11.